The Morgan fingerprint density at radius 1 is 1.30 bits per heavy atom. The number of rotatable bonds is 4. The van der Waals surface area contributed by atoms with Gasteiger partial charge in [0.1, 0.15) is 5.82 Å². The van der Waals surface area contributed by atoms with Gasteiger partial charge in [0.05, 0.1) is 17.2 Å². The molecule has 0 aliphatic heterocycles. The van der Waals surface area contributed by atoms with Gasteiger partial charge in [-0.2, -0.15) is 13.2 Å². The van der Waals surface area contributed by atoms with Crippen molar-refractivity contribution in [3.63, 3.8) is 0 Å². The molecule has 1 unspecified atom stereocenters. The molecular formula is C14H17F4NO. The Labute approximate surface area is 115 Å². The van der Waals surface area contributed by atoms with Gasteiger partial charge in [-0.1, -0.05) is 6.07 Å². The van der Waals surface area contributed by atoms with Gasteiger partial charge < -0.3 is 10.1 Å². The lowest BCUT2D eigenvalue weighted by atomic mass is 9.72. The van der Waals surface area contributed by atoms with Gasteiger partial charge in [0.25, 0.3) is 0 Å². The van der Waals surface area contributed by atoms with Crippen molar-refractivity contribution in [2.24, 2.45) is 0 Å². The number of ether oxygens (including phenoxy) is 1. The molecule has 1 fully saturated rings. The van der Waals surface area contributed by atoms with Gasteiger partial charge in [-0.3, -0.25) is 0 Å². The van der Waals surface area contributed by atoms with E-state index in [2.05, 4.69) is 5.32 Å². The lowest BCUT2D eigenvalue weighted by Gasteiger charge is -2.46. The summed E-state index contributed by atoms with van der Waals surface area (Å²) in [5, 5.41) is 3.02. The number of hydrogen-bond donors (Lipinski definition) is 1. The molecule has 1 aromatic rings. The van der Waals surface area contributed by atoms with Gasteiger partial charge in [0.2, 0.25) is 0 Å². The fraction of sp³-hybridized carbons (Fsp3) is 0.571. The highest BCUT2D eigenvalue weighted by Gasteiger charge is 2.45. The van der Waals surface area contributed by atoms with E-state index in [1.54, 1.807) is 14.2 Å². The summed E-state index contributed by atoms with van der Waals surface area (Å²) in [7, 11) is 3.27. The number of alkyl halides is 3. The first-order chi connectivity index (χ1) is 9.34. The normalized spacial score (nSPS) is 19.5. The van der Waals surface area contributed by atoms with Crippen LogP contribution < -0.4 is 5.32 Å². The molecule has 1 saturated carbocycles. The average Bonchev–Trinajstić information content (AvgIpc) is 2.31. The molecular weight excluding hydrogens is 274 g/mol. The summed E-state index contributed by atoms with van der Waals surface area (Å²) < 4.78 is 56.9. The predicted molar refractivity (Wildman–Crippen MR) is 66.8 cm³/mol. The Balaban J connectivity index is 2.35. The minimum Gasteiger partial charge on any atom is -0.376 e. The quantitative estimate of drug-likeness (QED) is 0.855. The van der Waals surface area contributed by atoms with Gasteiger partial charge in [-0.15, -0.1) is 0 Å². The Hall–Kier alpha value is -1.14. The zero-order valence-corrected chi connectivity index (χ0v) is 11.4. The summed E-state index contributed by atoms with van der Waals surface area (Å²) in [6, 6.07) is 2.73. The van der Waals surface area contributed by atoms with Gasteiger partial charge in [0, 0.05) is 7.11 Å². The van der Waals surface area contributed by atoms with Crippen molar-refractivity contribution in [2.75, 3.05) is 14.2 Å². The van der Waals surface area contributed by atoms with E-state index in [9.17, 15) is 17.6 Å². The highest BCUT2D eigenvalue weighted by Crippen LogP contribution is 2.45. The second-order valence-electron chi connectivity index (χ2n) is 5.08. The molecule has 0 amide bonds. The molecule has 1 aromatic carbocycles. The van der Waals surface area contributed by atoms with Crippen LogP contribution in [0.5, 0.6) is 0 Å². The van der Waals surface area contributed by atoms with Crippen LogP contribution >= 0.6 is 0 Å². The molecule has 0 aromatic heterocycles. The van der Waals surface area contributed by atoms with Crippen molar-refractivity contribution < 1.29 is 22.3 Å². The molecule has 1 aliphatic rings. The smallest absolute Gasteiger partial charge is 0.376 e. The van der Waals surface area contributed by atoms with Gasteiger partial charge in [-0.05, 0) is 44.0 Å². The van der Waals surface area contributed by atoms with Crippen molar-refractivity contribution in [2.45, 2.75) is 37.1 Å². The van der Waals surface area contributed by atoms with Crippen LogP contribution in [0.3, 0.4) is 0 Å². The molecule has 0 radical (unpaired) electrons. The lowest BCUT2D eigenvalue weighted by molar-refractivity contribution is -0.140. The van der Waals surface area contributed by atoms with Crippen LogP contribution in [0.4, 0.5) is 17.6 Å². The van der Waals surface area contributed by atoms with Crippen molar-refractivity contribution in [1.29, 1.82) is 0 Å². The molecule has 0 spiro atoms. The van der Waals surface area contributed by atoms with Gasteiger partial charge >= 0.3 is 6.18 Å². The topological polar surface area (TPSA) is 21.3 Å². The number of nitrogens with one attached hydrogen (secondary N) is 1. The minimum atomic E-state index is -4.67. The summed E-state index contributed by atoms with van der Waals surface area (Å²) >= 11 is 0. The third-order valence-electron chi connectivity index (χ3n) is 4.05. The largest absolute Gasteiger partial charge is 0.419 e. The van der Waals surface area contributed by atoms with E-state index in [1.165, 1.54) is 6.07 Å². The molecule has 0 saturated heterocycles. The fourth-order valence-electron chi connectivity index (χ4n) is 2.81. The zero-order chi connectivity index (χ0) is 15.0. The number of halogens is 4. The molecule has 2 rings (SSSR count). The first-order valence-corrected chi connectivity index (χ1v) is 6.43. The highest BCUT2D eigenvalue weighted by atomic mass is 19.4. The van der Waals surface area contributed by atoms with E-state index in [1.807, 2.05) is 0 Å². The Bertz CT molecular complexity index is 477. The van der Waals surface area contributed by atoms with Crippen LogP contribution in [0.15, 0.2) is 18.2 Å². The second-order valence-corrected chi connectivity index (χ2v) is 5.08. The first kappa shape index (κ1) is 15.3. The highest BCUT2D eigenvalue weighted by molar-refractivity contribution is 5.31. The summed E-state index contributed by atoms with van der Waals surface area (Å²) in [6.45, 7) is 0. The third kappa shape index (κ3) is 2.54. The van der Waals surface area contributed by atoms with E-state index in [0.29, 0.717) is 5.56 Å². The number of likely N-dealkylation sites (N-methyl/N-ethyl adjacent to an activating group) is 1. The van der Waals surface area contributed by atoms with Crippen molar-refractivity contribution in [1.82, 2.24) is 5.32 Å². The van der Waals surface area contributed by atoms with Crippen LogP contribution in [0.25, 0.3) is 0 Å². The standard InChI is InChI=1S/C14H17F4NO/c1-19-12(13(20-2)6-3-7-13)9-4-5-10(11(15)8-9)14(16,17)18/h4-5,8,12,19H,3,6-7H2,1-2H3. The molecule has 0 heterocycles. The van der Waals surface area contributed by atoms with Crippen molar-refractivity contribution >= 4 is 0 Å². The molecule has 1 aliphatic carbocycles. The zero-order valence-electron chi connectivity index (χ0n) is 11.4. The summed E-state index contributed by atoms with van der Waals surface area (Å²) in [5.41, 5.74) is -1.23. The van der Waals surface area contributed by atoms with Crippen molar-refractivity contribution in [3.05, 3.63) is 35.1 Å². The van der Waals surface area contributed by atoms with Crippen LogP contribution in [0, 0.1) is 5.82 Å². The maximum absolute atomic E-state index is 13.7. The van der Waals surface area contributed by atoms with Crippen LogP contribution in [-0.2, 0) is 10.9 Å². The maximum Gasteiger partial charge on any atom is 0.419 e. The fourth-order valence-corrected chi connectivity index (χ4v) is 2.81. The van der Waals surface area contributed by atoms with E-state index in [0.717, 1.165) is 31.4 Å². The van der Waals surface area contributed by atoms with Gasteiger partial charge in [-0.25, -0.2) is 4.39 Å². The SMILES string of the molecule is CNC(c1ccc(C(F)(F)F)c(F)c1)C1(OC)CCC1. The molecule has 0 bridgehead atoms. The number of benzene rings is 1. The predicted octanol–water partition coefficient (Wildman–Crippen LogP) is 3.67. The number of methoxy groups -OCH3 is 1. The van der Waals surface area contributed by atoms with Gasteiger partial charge in [0.15, 0.2) is 0 Å². The summed E-state index contributed by atoms with van der Waals surface area (Å²) in [4.78, 5) is 0. The molecule has 2 nitrogen and oxygen atoms in total. The Morgan fingerprint density at radius 2 is 1.95 bits per heavy atom. The van der Waals surface area contributed by atoms with Crippen LogP contribution in [-0.4, -0.2) is 19.8 Å². The third-order valence-corrected chi connectivity index (χ3v) is 4.05. The first-order valence-electron chi connectivity index (χ1n) is 6.43. The van der Waals surface area contributed by atoms with E-state index < -0.39 is 23.2 Å². The second kappa shape index (κ2) is 5.33. The Kier molecular flexibility index (Phi) is 4.07. The lowest BCUT2D eigenvalue weighted by Crippen LogP contribution is -2.49. The molecule has 1 atom stereocenters. The van der Waals surface area contributed by atoms with E-state index in [4.69, 9.17) is 4.74 Å². The molecule has 20 heavy (non-hydrogen) atoms. The van der Waals surface area contributed by atoms with Crippen LogP contribution in [0.2, 0.25) is 0 Å². The van der Waals surface area contributed by atoms with E-state index in [-0.39, 0.29) is 6.04 Å². The summed E-state index contributed by atoms with van der Waals surface area (Å²) in [5.74, 6) is -1.25. The molecule has 6 heteroatoms. The Morgan fingerprint density at radius 3 is 2.30 bits per heavy atom. The number of hydrogen-bond acceptors (Lipinski definition) is 2. The maximum atomic E-state index is 13.7. The van der Waals surface area contributed by atoms with Crippen molar-refractivity contribution in [3.8, 4) is 0 Å². The minimum absolute atomic E-state index is 0.321. The summed E-state index contributed by atoms with van der Waals surface area (Å²) in [6.07, 6.45) is -2.07. The molecule has 1 N–H and O–H groups in total. The monoisotopic (exact) mass is 291 g/mol. The molecule has 112 valence electrons. The van der Waals surface area contributed by atoms with Crippen LogP contribution in [0.1, 0.15) is 36.4 Å². The average molecular weight is 291 g/mol. The van der Waals surface area contributed by atoms with E-state index >= 15 is 0 Å².